The molecule has 184 valence electrons. The zero-order valence-corrected chi connectivity index (χ0v) is 18.1. The molecule has 0 radical (unpaired) electrons. The van der Waals surface area contributed by atoms with Gasteiger partial charge in [0.1, 0.15) is 6.10 Å². The molecule has 2 amide bonds. The van der Waals surface area contributed by atoms with E-state index in [9.17, 15) is 36.7 Å². The lowest BCUT2D eigenvalue weighted by Crippen LogP contribution is -2.47. The largest absolute Gasteiger partial charge is 0.618 e. The number of amides is 2. The molecular formula is C21H20F5N3O5. The van der Waals surface area contributed by atoms with Gasteiger partial charge in [-0.05, 0) is 13.0 Å². The Hall–Kier alpha value is -3.48. The van der Waals surface area contributed by atoms with Gasteiger partial charge in [-0.15, -0.1) is 0 Å². The molecule has 0 saturated carbocycles. The molecule has 1 fully saturated rings. The number of hydrogen-bond donors (Lipinski definition) is 2. The zero-order valence-electron chi connectivity index (χ0n) is 18.1. The first-order chi connectivity index (χ1) is 15.7. The molecule has 0 aliphatic carbocycles. The Bertz CT molecular complexity index is 1140. The van der Waals surface area contributed by atoms with E-state index in [1.807, 2.05) is 0 Å². The summed E-state index contributed by atoms with van der Waals surface area (Å²) in [6, 6.07) is 3.76. The summed E-state index contributed by atoms with van der Waals surface area (Å²) >= 11 is 0. The maximum atomic E-state index is 14.4. The number of nitrogens with two attached hydrogens (primary N) is 1. The minimum absolute atomic E-state index is 0.126. The number of benzene rings is 1. The summed E-state index contributed by atoms with van der Waals surface area (Å²) in [6.07, 6.45) is -5.90. The molecule has 2 heterocycles. The average molecular weight is 489 g/mol. The number of nitrogens with zero attached hydrogens (tertiary/aromatic N) is 1. The van der Waals surface area contributed by atoms with Crippen molar-refractivity contribution in [2.75, 3.05) is 12.4 Å². The SMILES string of the molecule is COc1c([C@H]2[C@H](C(=O)Nc3cc[n+]([O-])c(C(N)=O)c3)O[C@@](C)(C(F)(F)F)[C@H]2C)ccc(F)c1F. The van der Waals surface area contributed by atoms with Crippen LogP contribution in [0.3, 0.4) is 0 Å². The van der Waals surface area contributed by atoms with E-state index in [0.717, 1.165) is 38.4 Å². The second-order valence-electron chi connectivity index (χ2n) is 7.92. The lowest BCUT2D eigenvalue weighted by Gasteiger charge is -2.32. The van der Waals surface area contributed by atoms with Crippen molar-refractivity contribution in [1.82, 2.24) is 0 Å². The highest BCUT2D eigenvalue weighted by molar-refractivity contribution is 5.97. The fourth-order valence-electron chi connectivity index (χ4n) is 4.00. The molecule has 13 heteroatoms. The number of halogens is 5. The van der Waals surface area contributed by atoms with Gasteiger partial charge in [-0.25, -0.2) is 4.39 Å². The fraction of sp³-hybridized carbons (Fsp3) is 0.381. The van der Waals surface area contributed by atoms with Crippen molar-refractivity contribution in [3.63, 3.8) is 0 Å². The number of alkyl halides is 3. The molecule has 1 aliphatic heterocycles. The Morgan fingerprint density at radius 1 is 1.26 bits per heavy atom. The van der Waals surface area contributed by atoms with Gasteiger partial charge in [0.15, 0.2) is 23.4 Å². The number of hydrogen-bond acceptors (Lipinski definition) is 5. The number of carbonyl (C=O) groups excluding carboxylic acids is 2. The second kappa shape index (κ2) is 8.70. The number of methoxy groups -OCH3 is 1. The first-order valence-corrected chi connectivity index (χ1v) is 9.83. The smallest absolute Gasteiger partial charge is 0.417 e. The minimum Gasteiger partial charge on any atom is -0.618 e. The second-order valence-corrected chi connectivity index (χ2v) is 7.92. The number of aromatic nitrogens is 1. The van der Waals surface area contributed by atoms with Crippen LogP contribution in [0.2, 0.25) is 0 Å². The summed E-state index contributed by atoms with van der Waals surface area (Å²) < 4.78 is 80.2. The predicted octanol–water partition coefficient (Wildman–Crippen LogP) is 2.78. The van der Waals surface area contributed by atoms with E-state index >= 15 is 0 Å². The molecule has 8 nitrogen and oxygen atoms in total. The van der Waals surface area contributed by atoms with E-state index in [4.69, 9.17) is 15.2 Å². The number of primary amides is 1. The highest BCUT2D eigenvalue weighted by Crippen LogP contribution is 2.55. The van der Waals surface area contributed by atoms with E-state index in [1.165, 1.54) is 6.92 Å². The number of rotatable bonds is 5. The molecule has 1 aliphatic rings. The van der Waals surface area contributed by atoms with Gasteiger partial charge in [0, 0.05) is 29.5 Å². The van der Waals surface area contributed by atoms with Crippen LogP contribution in [0.5, 0.6) is 5.75 Å². The molecular weight excluding hydrogens is 469 g/mol. The molecule has 34 heavy (non-hydrogen) atoms. The van der Waals surface area contributed by atoms with Crippen LogP contribution >= 0.6 is 0 Å². The van der Waals surface area contributed by atoms with Gasteiger partial charge in [-0.2, -0.15) is 22.3 Å². The van der Waals surface area contributed by atoms with E-state index in [1.54, 1.807) is 0 Å². The highest BCUT2D eigenvalue weighted by atomic mass is 19.4. The zero-order chi connectivity index (χ0) is 25.6. The molecule has 2 aromatic rings. The van der Waals surface area contributed by atoms with Gasteiger partial charge >= 0.3 is 12.1 Å². The van der Waals surface area contributed by atoms with Crippen LogP contribution < -0.4 is 20.5 Å². The third-order valence-corrected chi connectivity index (χ3v) is 6.01. The van der Waals surface area contributed by atoms with Gasteiger partial charge in [0.05, 0.1) is 12.8 Å². The monoisotopic (exact) mass is 489 g/mol. The van der Waals surface area contributed by atoms with Gasteiger partial charge in [-0.3, -0.25) is 9.59 Å². The van der Waals surface area contributed by atoms with Gasteiger partial charge in [0.2, 0.25) is 5.82 Å². The third-order valence-electron chi connectivity index (χ3n) is 6.01. The Balaban J connectivity index is 2.08. The Morgan fingerprint density at radius 2 is 1.91 bits per heavy atom. The molecule has 3 N–H and O–H groups in total. The summed E-state index contributed by atoms with van der Waals surface area (Å²) in [5, 5.41) is 13.9. The average Bonchev–Trinajstić information content (AvgIpc) is 3.03. The Morgan fingerprint density at radius 3 is 2.47 bits per heavy atom. The topological polar surface area (TPSA) is 118 Å². The normalized spacial score (nSPS) is 24.6. The van der Waals surface area contributed by atoms with E-state index in [0.29, 0.717) is 6.07 Å². The number of nitrogens with one attached hydrogen (secondary N) is 1. The van der Waals surface area contributed by atoms with Crippen molar-refractivity contribution in [2.24, 2.45) is 11.7 Å². The van der Waals surface area contributed by atoms with Crippen molar-refractivity contribution >= 4 is 17.5 Å². The molecule has 1 aromatic heterocycles. The lowest BCUT2D eigenvalue weighted by atomic mass is 9.77. The molecule has 0 unspecified atom stereocenters. The fourth-order valence-corrected chi connectivity index (χ4v) is 4.00. The lowest BCUT2D eigenvalue weighted by molar-refractivity contribution is -0.607. The number of carbonyl (C=O) groups is 2. The molecule has 4 atom stereocenters. The van der Waals surface area contributed by atoms with E-state index in [2.05, 4.69) is 5.32 Å². The third kappa shape index (κ3) is 4.11. The standard InChI is InChI=1S/C21H20F5N3O5/c1-9-14(11-4-5-12(22)15(23)16(11)33-3)17(34-20(9,2)21(24,25)26)19(31)28-10-6-7-29(32)13(8-10)18(27)30/h4-9,14,17H,1-3H3,(H2,27,30)(H,28,31)/t9-,14-,17+,20+/m0/s1. The van der Waals surface area contributed by atoms with Crippen molar-refractivity contribution in [1.29, 1.82) is 0 Å². The highest BCUT2D eigenvalue weighted by Gasteiger charge is 2.65. The molecule has 0 bridgehead atoms. The Kier molecular flexibility index (Phi) is 6.44. The maximum Gasteiger partial charge on any atom is 0.417 e. The van der Waals surface area contributed by atoms with Gasteiger partial charge in [-0.1, -0.05) is 13.0 Å². The van der Waals surface area contributed by atoms with Crippen LogP contribution in [0.1, 0.15) is 35.8 Å². The number of anilines is 1. The van der Waals surface area contributed by atoms with E-state index < -0.39 is 64.6 Å². The minimum atomic E-state index is -4.93. The van der Waals surface area contributed by atoms with Crippen molar-refractivity contribution < 1.29 is 45.7 Å². The molecule has 0 spiro atoms. The van der Waals surface area contributed by atoms with Crippen LogP contribution in [-0.2, 0) is 9.53 Å². The quantitative estimate of drug-likeness (QED) is 0.381. The number of pyridine rings is 1. The molecule has 1 aromatic carbocycles. The van der Waals surface area contributed by atoms with Crippen molar-refractivity contribution in [2.45, 2.75) is 37.6 Å². The summed E-state index contributed by atoms with van der Waals surface area (Å²) in [7, 11) is 1.01. The first-order valence-electron chi connectivity index (χ1n) is 9.83. The predicted molar refractivity (Wildman–Crippen MR) is 107 cm³/mol. The van der Waals surface area contributed by atoms with Crippen molar-refractivity contribution in [3.05, 3.63) is 58.6 Å². The number of ether oxygens (including phenoxy) is 2. The summed E-state index contributed by atoms with van der Waals surface area (Å²) in [5.74, 6) is -8.43. The van der Waals surface area contributed by atoms with Crippen LogP contribution in [0.4, 0.5) is 27.6 Å². The van der Waals surface area contributed by atoms with Crippen molar-refractivity contribution in [3.8, 4) is 5.75 Å². The van der Waals surface area contributed by atoms with Gasteiger partial charge in [0.25, 0.3) is 11.6 Å². The summed E-state index contributed by atoms with van der Waals surface area (Å²) in [6.45, 7) is 1.92. The summed E-state index contributed by atoms with van der Waals surface area (Å²) in [4.78, 5) is 24.4. The van der Waals surface area contributed by atoms with E-state index in [-0.39, 0.29) is 16.0 Å². The molecule has 3 rings (SSSR count). The van der Waals surface area contributed by atoms with Crippen LogP contribution in [0.15, 0.2) is 30.5 Å². The Labute approximate surface area is 190 Å². The maximum absolute atomic E-state index is 14.4. The summed E-state index contributed by atoms with van der Waals surface area (Å²) in [5.41, 5.74) is 1.40. The van der Waals surface area contributed by atoms with Gasteiger partial charge < -0.3 is 25.7 Å². The van der Waals surface area contributed by atoms with Crippen LogP contribution in [0.25, 0.3) is 0 Å². The molecule has 1 saturated heterocycles. The van der Waals surface area contributed by atoms with Crippen LogP contribution in [0, 0.1) is 22.8 Å². The van der Waals surface area contributed by atoms with Crippen LogP contribution in [-0.4, -0.2) is 36.8 Å². The first kappa shape index (κ1) is 25.1.